The van der Waals surface area contributed by atoms with E-state index in [1.165, 1.54) is 36.4 Å². The largest absolute Gasteiger partial charge is 0.423 e. The first-order chi connectivity index (χ1) is 15.8. The molecule has 0 saturated heterocycles. The van der Waals surface area contributed by atoms with Gasteiger partial charge >= 0.3 is 5.97 Å². The molecule has 0 unspecified atom stereocenters. The van der Waals surface area contributed by atoms with Crippen LogP contribution < -0.4 is 15.0 Å². The van der Waals surface area contributed by atoms with Gasteiger partial charge in [0.1, 0.15) is 22.3 Å². The second-order valence-electron chi connectivity index (χ2n) is 7.40. The summed E-state index contributed by atoms with van der Waals surface area (Å²) in [6.07, 6.45) is 0. The number of benzene rings is 3. The van der Waals surface area contributed by atoms with E-state index in [4.69, 9.17) is 16.3 Å². The Kier molecular flexibility index (Phi) is 5.98. The molecule has 0 fully saturated rings. The Morgan fingerprint density at radius 2 is 1.61 bits per heavy atom. The molecule has 0 aromatic heterocycles. The van der Waals surface area contributed by atoms with Crippen molar-refractivity contribution in [1.82, 2.24) is 0 Å². The molecule has 1 aliphatic rings. The molecule has 4 rings (SSSR count). The zero-order valence-corrected chi connectivity index (χ0v) is 18.4. The van der Waals surface area contributed by atoms with Crippen LogP contribution in [-0.4, -0.2) is 17.8 Å². The quantitative estimate of drug-likeness (QED) is 0.323. The Morgan fingerprint density at radius 3 is 2.27 bits per heavy atom. The van der Waals surface area contributed by atoms with Crippen LogP contribution in [0.1, 0.15) is 21.5 Å². The summed E-state index contributed by atoms with van der Waals surface area (Å²) in [5.41, 5.74) is 2.85. The van der Waals surface area contributed by atoms with Crippen molar-refractivity contribution in [3.8, 4) is 5.75 Å². The van der Waals surface area contributed by atoms with Crippen LogP contribution in [0.3, 0.4) is 0 Å². The van der Waals surface area contributed by atoms with Gasteiger partial charge in [0.15, 0.2) is 0 Å². The number of nitrogens with zero attached hydrogens (tertiary/aromatic N) is 1. The monoisotopic (exact) mass is 464 g/mol. The zero-order valence-electron chi connectivity index (χ0n) is 17.7. The second-order valence-corrected chi connectivity index (χ2v) is 7.78. The molecule has 3 aromatic carbocycles. The van der Waals surface area contributed by atoms with E-state index in [-0.39, 0.29) is 22.0 Å². The van der Waals surface area contributed by atoms with E-state index in [1.54, 1.807) is 24.3 Å². The Balaban J connectivity index is 1.50. The highest BCUT2D eigenvalue weighted by Crippen LogP contribution is 2.33. The van der Waals surface area contributed by atoms with Crippen molar-refractivity contribution < 1.29 is 23.5 Å². The van der Waals surface area contributed by atoms with Crippen molar-refractivity contribution in [1.29, 1.82) is 0 Å². The van der Waals surface area contributed by atoms with E-state index in [0.29, 0.717) is 11.4 Å². The summed E-state index contributed by atoms with van der Waals surface area (Å²) in [7, 11) is 0. The van der Waals surface area contributed by atoms with Crippen molar-refractivity contribution in [3.63, 3.8) is 0 Å². The summed E-state index contributed by atoms with van der Waals surface area (Å²) < 4.78 is 18.2. The molecule has 2 amide bonds. The molecular weight excluding hydrogens is 447 g/mol. The van der Waals surface area contributed by atoms with Crippen molar-refractivity contribution >= 4 is 40.8 Å². The summed E-state index contributed by atoms with van der Waals surface area (Å²) >= 11 is 6.20. The van der Waals surface area contributed by atoms with Crippen molar-refractivity contribution in [2.45, 2.75) is 13.8 Å². The molecule has 8 heteroatoms. The number of hydrogen-bond acceptors (Lipinski definition) is 5. The van der Waals surface area contributed by atoms with Gasteiger partial charge in [0.05, 0.1) is 11.3 Å². The number of halogens is 2. The van der Waals surface area contributed by atoms with Gasteiger partial charge < -0.3 is 10.1 Å². The maximum atomic E-state index is 13.0. The molecule has 3 aromatic rings. The fraction of sp³-hybridized carbons (Fsp3) is 0.0800. The highest BCUT2D eigenvalue weighted by molar-refractivity contribution is 6.53. The minimum absolute atomic E-state index is 0.0517. The van der Waals surface area contributed by atoms with E-state index < -0.39 is 23.6 Å². The summed E-state index contributed by atoms with van der Waals surface area (Å²) in [4.78, 5) is 39.0. The third-order valence-corrected chi connectivity index (χ3v) is 5.61. The lowest BCUT2D eigenvalue weighted by Gasteiger charge is -2.18. The van der Waals surface area contributed by atoms with Crippen LogP contribution in [0, 0.1) is 19.7 Å². The number of ether oxygens (including phenoxy) is 1. The number of esters is 1. The molecule has 33 heavy (non-hydrogen) atoms. The molecule has 1 aliphatic heterocycles. The number of imide groups is 1. The third-order valence-electron chi connectivity index (χ3n) is 5.26. The Hall–Kier alpha value is -3.97. The Labute approximate surface area is 194 Å². The standard InChI is InChI=1S/C25H18ClFN2O4/c1-14-4-3-5-20(15(14)2)29-23(30)21(26)22(24(29)31)28-18-10-6-16(7-11-18)25(32)33-19-12-8-17(27)9-13-19/h3-13,28H,1-2H3. The number of carbonyl (C=O) groups excluding carboxylic acids is 3. The fourth-order valence-corrected chi connectivity index (χ4v) is 3.52. The van der Waals surface area contributed by atoms with Gasteiger partial charge in [-0.2, -0.15) is 0 Å². The molecule has 166 valence electrons. The first kappa shape index (κ1) is 22.2. The van der Waals surface area contributed by atoms with Crippen LogP contribution in [0.15, 0.2) is 77.5 Å². The minimum atomic E-state index is -0.626. The SMILES string of the molecule is Cc1cccc(N2C(=O)C(Cl)=C(Nc3ccc(C(=O)Oc4ccc(F)cc4)cc3)C2=O)c1C. The molecule has 0 radical (unpaired) electrons. The lowest BCUT2D eigenvalue weighted by Crippen LogP contribution is -2.33. The second kappa shape index (κ2) is 8.88. The number of nitrogens with one attached hydrogen (secondary N) is 1. The first-order valence-electron chi connectivity index (χ1n) is 9.96. The number of aryl methyl sites for hydroxylation is 1. The van der Waals surface area contributed by atoms with E-state index >= 15 is 0 Å². The number of anilines is 2. The van der Waals surface area contributed by atoms with Gasteiger partial charge in [0, 0.05) is 5.69 Å². The molecule has 0 spiro atoms. The highest BCUT2D eigenvalue weighted by atomic mass is 35.5. The van der Waals surface area contributed by atoms with Crippen LogP contribution in [-0.2, 0) is 9.59 Å². The van der Waals surface area contributed by atoms with E-state index in [0.717, 1.165) is 16.0 Å². The van der Waals surface area contributed by atoms with Gasteiger partial charge in [0.2, 0.25) is 0 Å². The van der Waals surface area contributed by atoms with Crippen molar-refractivity contribution in [2.75, 3.05) is 10.2 Å². The number of hydrogen-bond donors (Lipinski definition) is 1. The van der Waals surface area contributed by atoms with Crippen LogP contribution in [0.2, 0.25) is 0 Å². The zero-order chi connectivity index (χ0) is 23.7. The van der Waals surface area contributed by atoms with E-state index in [1.807, 2.05) is 19.9 Å². The van der Waals surface area contributed by atoms with E-state index in [2.05, 4.69) is 5.32 Å². The summed E-state index contributed by atoms with van der Waals surface area (Å²) in [5, 5.41) is 2.65. The van der Waals surface area contributed by atoms with Crippen LogP contribution >= 0.6 is 11.6 Å². The average molecular weight is 465 g/mol. The van der Waals surface area contributed by atoms with Gasteiger partial charge in [-0.15, -0.1) is 0 Å². The highest BCUT2D eigenvalue weighted by Gasteiger charge is 2.39. The normalized spacial score (nSPS) is 13.5. The topological polar surface area (TPSA) is 75.7 Å². The molecule has 1 heterocycles. The lowest BCUT2D eigenvalue weighted by molar-refractivity contribution is -0.120. The number of carbonyl (C=O) groups is 3. The van der Waals surface area contributed by atoms with Crippen molar-refractivity contribution in [3.05, 3.63) is 100.0 Å². The van der Waals surface area contributed by atoms with Gasteiger partial charge in [-0.3, -0.25) is 9.59 Å². The van der Waals surface area contributed by atoms with Gasteiger partial charge in [0.25, 0.3) is 11.8 Å². The predicted octanol–water partition coefficient (Wildman–Crippen LogP) is 5.10. The third kappa shape index (κ3) is 4.36. The number of amides is 2. The average Bonchev–Trinajstić information content (AvgIpc) is 3.01. The minimum Gasteiger partial charge on any atom is -0.423 e. The van der Waals surface area contributed by atoms with Gasteiger partial charge in [-0.25, -0.2) is 14.1 Å². The molecule has 6 nitrogen and oxygen atoms in total. The van der Waals surface area contributed by atoms with Crippen LogP contribution in [0.25, 0.3) is 0 Å². The number of rotatable bonds is 5. The molecule has 1 N–H and O–H groups in total. The summed E-state index contributed by atoms with van der Waals surface area (Å²) in [5.74, 6) is -2.04. The molecule has 0 saturated carbocycles. The predicted molar refractivity (Wildman–Crippen MR) is 123 cm³/mol. The summed E-state index contributed by atoms with van der Waals surface area (Å²) in [6, 6.07) is 16.5. The van der Waals surface area contributed by atoms with Crippen LogP contribution in [0.5, 0.6) is 5.75 Å². The maximum absolute atomic E-state index is 13.0. The molecule has 0 aliphatic carbocycles. The fourth-order valence-electron chi connectivity index (χ4n) is 3.31. The first-order valence-corrected chi connectivity index (χ1v) is 10.3. The lowest BCUT2D eigenvalue weighted by atomic mass is 10.1. The smallest absolute Gasteiger partial charge is 0.343 e. The molecular formula is C25H18ClFN2O4. The molecule has 0 atom stereocenters. The van der Waals surface area contributed by atoms with E-state index in [9.17, 15) is 18.8 Å². The maximum Gasteiger partial charge on any atom is 0.343 e. The van der Waals surface area contributed by atoms with Gasteiger partial charge in [-0.05, 0) is 79.6 Å². The van der Waals surface area contributed by atoms with Crippen LogP contribution in [0.4, 0.5) is 15.8 Å². The molecule has 0 bridgehead atoms. The summed E-state index contributed by atoms with van der Waals surface area (Å²) in [6.45, 7) is 3.72. The van der Waals surface area contributed by atoms with Crippen molar-refractivity contribution in [2.24, 2.45) is 0 Å². The Morgan fingerprint density at radius 1 is 0.939 bits per heavy atom. The van der Waals surface area contributed by atoms with Gasteiger partial charge in [-0.1, -0.05) is 23.7 Å². The Bertz CT molecular complexity index is 1300.